The number of hydrogen-bond donors (Lipinski definition) is 2. The molecule has 5 heteroatoms. The molecule has 0 spiro atoms. The summed E-state index contributed by atoms with van der Waals surface area (Å²) in [7, 11) is 0. The first-order valence-electron chi connectivity index (χ1n) is 4.39. The van der Waals surface area contributed by atoms with Gasteiger partial charge in [0.2, 0.25) is 0 Å². The highest BCUT2D eigenvalue weighted by Crippen LogP contribution is 2.27. The number of carbonyl (C=O) groups excluding carboxylic acids is 1. The van der Waals surface area contributed by atoms with E-state index < -0.39 is 6.09 Å². The number of carbonyl (C=O) groups is 1. The molecule has 1 fully saturated rings. The van der Waals surface area contributed by atoms with Crippen LogP contribution in [0.25, 0.3) is 0 Å². The topological polar surface area (TPSA) is 58.6 Å². The van der Waals surface area contributed by atoms with Crippen LogP contribution < -0.4 is 5.32 Å². The highest BCUT2D eigenvalue weighted by molar-refractivity contribution is 5.85. The second kappa shape index (κ2) is 4.40. The molecule has 0 aliphatic carbocycles. The summed E-state index contributed by atoms with van der Waals surface area (Å²) >= 11 is 0. The molecule has 0 unspecified atom stereocenters. The van der Waals surface area contributed by atoms with Crippen LogP contribution in [0.3, 0.4) is 0 Å². The van der Waals surface area contributed by atoms with Crippen LogP contribution in [0.1, 0.15) is 17.2 Å². The highest BCUT2D eigenvalue weighted by atomic mass is 35.5. The van der Waals surface area contributed by atoms with E-state index in [1.165, 1.54) is 0 Å². The molecular weight excluding hydrogens is 218 g/mol. The summed E-state index contributed by atoms with van der Waals surface area (Å²) in [4.78, 5) is 10.8. The number of amides is 1. The Balaban J connectivity index is 0.00000112. The van der Waals surface area contributed by atoms with Crippen LogP contribution in [0.5, 0.6) is 5.75 Å². The van der Waals surface area contributed by atoms with Crippen molar-refractivity contribution in [2.24, 2.45) is 0 Å². The lowest BCUT2D eigenvalue weighted by atomic mass is 10.1. The van der Waals surface area contributed by atoms with Gasteiger partial charge in [-0.2, -0.15) is 0 Å². The Kier molecular flexibility index (Phi) is 3.42. The van der Waals surface area contributed by atoms with Crippen molar-refractivity contribution in [3.63, 3.8) is 0 Å². The molecule has 1 atom stereocenters. The number of rotatable bonds is 1. The lowest BCUT2D eigenvalue weighted by Gasteiger charge is -2.09. The number of nitrogens with one attached hydrogen (secondary N) is 1. The van der Waals surface area contributed by atoms with Gasteiger partial charge in [0.15, 0.2) is 0 Å². The van der Waals surface area contributed by atoms with E-state index in [2.05, 4.69) is 5.32 Å². The van der Waals surface area contributed by atoms with Crippen molar-refractivity contribution in [1.82, 2.24) is 5.32 Å². The number of aromatic hydroxyl groups is 1. The van der Waals surface area contributed by atoms with E-state index in [0.717, 1.165) is 5.56 Å². The molecule has 1 amide bonds. The number of alkyl carbamates (subject to hydrolysis) is 1. The lowest BCUT2D eigenvalue weighted by Crippen LogP contribution is -2.18. The first kappa shape index (κ1) is 11.7. The van der Waals surface area contributed by atoms with E-state index in [9.17, 15) is 9.90 Å². The van der Waals surface area contributed by atoms with Crippen LogP contribution in [0, 0.1) is 6.92 Å². The van der Waals surface area contributed by atoms with Gasteiger partial charge in [0, 0.05) is 5.56 Å². The Morgan fingerprint density at radius 2 is 2.27 bits per heavy atom. The molecule has 0 saturated carbocycles. The van der Waals surface area contributed by atoms with Gasteiger partial charge in [-0.15, -0.1) is 12.4 Å². The summed E-state index contributed by atoms with van der Waals surface area (Å²) in [6, 6.07) is 5.12. The third-order valence-corrected chi connectivity index (χ3v) is 2.23. The van der Waals surface area contributed by atoms with Crippen molar-refractivity contribution in [2.45, 2.75) is 13.0 Å². The van der Waals surface area contributed by atoms with Crippen molar-refractivity contribution in [3.05, 3.63) is 29.3 Å². The fourth-order valence-corrected chi connectivity index (χ4v) is 1.50. The minimum absolute atomic E-state index is 0. The Morgan fingerprint density at radius 3 is 2.80 bits per heavy atom. The number of phenols is 1. The van der Waals surface area contributed by atoms with Crippen molar-refractivity contribution in [2.75, 3.05) is 6.61 Å². The summed E-state index contributed by atoms with van der Waals surface area (Å²) < 4.78 is 4.74. The monoisotopic (exact) mass is 229 g/mol. The maximum absolute atomic E-state index is 10.8. The predicted octanol–water partition coefficient (Wildman–Crippen LogP) is 1.90. The molecule has 1 aliphatic heterocycles. The van der Waals surface area contributed by atoms with Crippen LogP contribution in [0.4, 0.5) is 4.79 Å². The van der Waals surface area contributed by atoms with Gasteiger partial charge in [-0.25, -0.2) is 4.79 Å². The number of ether oxygens (including phenoxy) is 1. The maximum atomic E-state index is 10.8. The number of hydrogen-bond acceptors (Lipinski definition) is 3. The van der Waals surface area contributed by atoms with Gasteiger partial charge in [-0.3, -0.25) is 0 Å². The number of cyclic esters (lactones) is 1. The van der Waals surface area contributed by atoms with E-state index >= 15 is 0 Å². The number of phenolic OH excluding ortho intramolecular Hbond substituents is 1. The van der Waals surface area contributed by atoms with Crippen molar-refractivity contribution in [3.8, 4) is 5.75 Å². The van der Waals surface area contributed by atoms with Crippen LogP contribution in [-0.4, -0.2) is 17.8 Å². The molecule has 82 valence electrons. The molecule has 0 aromatic heterocycles. The second-order valence-corrected chi connectivity index (χ2v) is 3.36. The van der Waals surface area contributed by atoms with Crippen molar-refractivity contribution in [1.29, 1.82) is 0 Å². The van der Waals surface area contributed by atoms with Crippen molar-refractivity contribution >= 4 is 18.5 Å². The molecule has 0 bridgehead atoms. The lowest BCUT2D eigenvalue weighted by molar-refractivity contribution is 0.177. The van der Waals surface area contributed by atoms with E-state index in [1.54, 1.807) is 12.1 Å². The fourth-order valence-electron chi connectivity index (χ4n) is 1.50. The first-order valence-corrected chi connectivity index (χ1v) is 4.39. The number of aryl methyl sites for hydroxylation is 1. The van der Waals surface area contributed by atoms with Gasteiger partial charge in [0.05, 0.1) is 6.04 Å². The predicted molar refractivity (Wildman–Crippen MR) is 57.3 cm³/mol. The fraction of sp³-hybridized carbons (Fsp3) is 0.300. The van der Waals surface area contributed by atoms with Gasteiger partial charge >= 0.3 is 6.09 Å². The van der Waals surface area contributed by atoms with Crippen LogP contribution in [0.2, 0.25) is 0 Å². The van der Waals surface area contributed by atoms with E-state index in [4.69, 9.17) is 4.74 Å². The standard InChI is InChI=1S/C10H11NO3.ClH/c1-6-2-3-7(9(12)4-6)8-5-14-10(13)11-8;/h2-4,8,12H,5H2,1H3,(H,11,13);1H/t8-;/m0./s1. The van der Waals surface area contributed by atoms with Gasteiger partial charge < -0.3 is 15.2 Å². The first-order chi connectivity index (χ1) is 6.66. The van der Waals surface area contributed by atoms with Crippen molar-refractivity contribution < 1.29 is 14.6 Å². The molecule has 1 aromatic carbocycles. The summed E-state index contributed by atoms with van der Waals surface area (Å²) in [5, 5.41) is 12.2. The third kappa shape index (κ3) is 2.33. The molecule has 2 N–H and O–H groups in total. The molecule has 1 aromatic rings. The zero-order valence-electron chi connectivity index (χ0n) is 8.19. The smallest absolute Gasteiger partial charge is 0.407 e. The zero-order valence-corrected chi connectivity index (χ0v) is 9.00. The van der Waals surface area contributed by atoms with Crippen LogP contribution >= 0.6 is 12.4 Å². The summed E-state index contributed by atoms with van der Waals surface area (Å²) in [5.74, 6) is 0.195. The number of benzene rings is 1. The second-order valence-electron chi connectivity index (χ2n) is 3.36. The Labute approximate surface area is 93.7 Å². The van der Waals surface area contributed by atoms with E-state index in [-0.39, 0.29) is 30.8 Å². The van der Waals surface area contributed by atoms with Gasteiger partial charge in [0.25, 0.3) is 0 Å². The molecule has 1 heterocycles. The minimum atomic E-state index is -0.435. The average Bonchev–Trinajstić information content (AvgIpc) is 2.51. The summed E-state index contributed by atoms with van der Waals surface area (Å²) in [5.41, 5.74) is 1.68. The highest BCUT2D eigenvalue weighted by Gasteiger charge is 2.25. The van der Waals surface area contributed by atoms with Crippen LogP contribution in [0.15, 0.2) is 18.2 Å². The Hall–Kier alpha value is -1.42. The molecule has 0 radical (unpaired) electrons. The molecule has 2 rings (SSSR count). The van der Waals surface area contributed by atoms with Gasteiger partial charge in [-0.1, -0.05) is 12.1 Å². The Morgan fingerprint density at radius 1 is 1.53 bits per heavy atom. The molecule has 15 heavy (non-hydrogen) atoms. The minimum Gasteiger partial charge on any atom is -0.508 e. The molecule has 4 nitrogen and oxygen atoms in total. The quantitative estimate of drug-likeness (QED) is 0.773. The third-order valence-electron chi connectivity index (χ3n) is 2.23. The molecular formula is C10H12ClNO3. The maximum Gasteiger partial charge on any atom is 0.407 e. The average molecular weight is 230 g/mol. The normalized spacial score (nSPS) is 19.0. The Bertz CT molecular complexity index is 381. The van der Waals surface area contributed by atoms with Gasteiger partial charge in [0.1, 0.15) is 12.4 Å². The molecule has 1 aliphatic rings. The number of halogens is 1. The summed E-state index contributed by atoms with van der Waals surface area (Å²) in [6.07, 6.45) is -0.435. The SMILES string of the molecule is Cc1ccc([C@@H]2COC(=O)N2)c(O)c1.Cl. The van der Waals surface area contributed by atoms with E-state index in [0.29, 0.717) is 5.56 Å². The zero-order chi connectivity index (χ0) is 10.1. The van der Waals surface area contributed by atoms with Gasteiger partial charge in [-0.05, 0) is 18.6 Å². The van der Waals surface area contributed by atoms with Crippen LogP contribution in [-0.2, 0) is 4.74 Å². The van der Waals surface area contributed by atoms with E-state index in [1.807, 2.05) is 13.0 Å². The summed E-state index contributed by atoms with van der Waals surface area (Å²) in [6.45, 7) is 2.17. The largest absolute Gasteiger partial charge is 0.508 e. The molecule has 1 saturated heterocycles.